The molecule has 0 saturated carbocycles. The molecule has 1 atom stereocenters. The second-order valence-corrected chi connectivity index (χ2v) is 6.94. The summed E-state index contributed by atoms with van der Waals surface area (Å²) in [6.45, 7) is 0.386. The minimum Gasteiger partial charge on any atom is -0.485 e. The molecule has 3 rings (SSSR count). The predicted molar refractivity (Wildman–Crippen MR) is 94.5 cm³/mol. The lowest BCUT2D eigenvalue weighted by Gasteiger charge is -2.24. The average molecular weight is 385 g/mol. The molecule has 2 aromatic carbocycles. The largest absolute Gasteiger partial charge is 0.485 e. The van der Waals surface area contributed by atoms with Crippen LogP contribution in [-0.4, -0.2) is 31.0 Å². The van der Waals surface area contributed by atoms with Crippen LogP contribution in [-0.2, 0) is 9.53 Å². The standard InChI is InChI=1S/C17H14Cl2O4S/c18-11-5-6-12(19)16(9-11)24-8-7-21-17(20)15-10-22-13-3-1-2-4-14(13)23-15/h1-6,9,15H,7-8,10H2/t15-/m1/s1. The van der Waals surface area contributed by atoms with Crippen LogP contribution in [0, 0.1) is 0 Å². The van der Waals surface area contributed by atoms with Crippen LogP contribution in [0.4, 0.5) is 0 Å². The Balaban J connectivity index is 1.46. The van der Waals surface area contributed by atoms with Crippen LogP contribution in [0.1, 0.15) is 0 Å². The van der Waals surface area contributed by atoms with Crippen LogP contribution in [0.25, 0.3) is 0 Å². The van der Waals surface area contributed by atoms with Gasteiger partial charge in [-0.25, -0.2) is 4.79 Å². The number of halogens is 2. The molecule has 0 saturated heterocycles. The summed E-state index contributed by atoms with van der Waals surface area (Å²) in [6, 6.07) is 12.5. The highest BCUT2D eigenvalue weighted by Crippen LogP contribution is 2.31. The van der Waals surface area contributed by atoms with E-state index in [0.717, 1.165) is 4.90 Å². The van der Waals surface area contributed by atoms with Gasteiger partial charge in [0.1, 0.15) is 13.2 Å². The zero-order valence-electron chi connectivity index (χ0n) is 12.5. The van der Waals surface area contributed by atoms with Crippen molar-refractivity contribution in [3.8, 4) is 11.5 Å². The number of carbonyl (C=O) groups excluding carboxylic acids is 1. The average Bonchev–Trinajstić information content (AvgIpc) is 2.61. The highest BCUT2D eigenvalue weighted by molar-refractivity contribution is 7.99. The molecule has 0 amide bonds. The van der Waals surface area contributed by atoms with E-state index in [1.807, 2.05) is 12.1 Å². The van der Waals surface area contributed by atoms with E-state index >= 15 is 0 Å². The Bertz CT molecular complexity index is 738. The van der Waals surface area contributed by atoms with Crippen molar-refractivity contribution in [3.05, 3.63) is 52.5 Å². The Labute approximate surface area is 154 Å². The lowest BCUT2D eigenvalue weighted by molar-refractivity contribution is -0.153. The van der Waals surface area contributed by atoms with Crippen LogP contribution in [0.3, 0.4) is 0 Å². The smallest absolute Gasteiger partial charge is 0.351 e. The molecule has 0 aromatic heterocycles. The molecule has 0 bridgehead atoms. The van der Waals surface area contributed by atoms with Gasteiger partial charge in [0.25, 0.3) is 0 Å². The quantitative estimate of drug-likeness (QED) is 0.432. The van der Waals surface area contributed by atoms with Gasteiger partial charge in [-0.05, 0) is 30.3 Å². The van der Waals surface area contributed by atoms with Gasteiger partial charge in [-0.1, -0.05) is 35.3 Å². The highest BCUT2D eigenvalue weighted by Gasteiger charge is 2.28. The summed E-state index contributed by atoms with van der Waals surface area (Å²) in [5, 5.41) is 1.24. The second kappa shape index (κ2) is 8.01. The van der Waals surface area contributed by atoms with Crippen molar-refractivity contribution in [2.45, 2.75) is 11.0 Å². The first-order valence-electron chi connectivity index (χ1n) is 7.26. The lowest BCUT2D eigenvalue weighted by Crippen LogP contribution is -2.38. The number of hydrogen-bond acceptors (Lipinski definition) is 5. The summed E-state index contributed by atoms with van der Waals surface area (Å²) in [5.74, 6) is 1.30. The molecule has 1 aliphatic heterocycles. The van der Waals surface area contributed by atoms with Crippen LogP contribution < -0.4 is 9.47 Å². The van der Waals surface area contributed by atoms with Crippen molar-refractivity contribution >= 4 is 40.9 Å². The fourth-order valence-corrected chi connectivity index (χ4v) is 3.43. The summed E-state index contributed by atoms with van der Waals surface area (Å²) >= 11 is 13.5. The summed E-state index contributed by atoms with van der Waals surface area (Å²) in [6.07, 6.45) is -0.750. The molecule has 0 fully saturated rings. The van der Waals surface area contributed by atoms with E-state index < -0.39 is 12.1 Å². The molecule has 4 nitrogen and oxygen atoms in total. The van der Waals surface area contributed by atoms with Gasteiger partial charge in [0.15, 0.2) is 11.5 Å². The third kappa shape index (κ3) is 4.29. The molecule has 7 heteroatoms. The Morgan fingerprint density at radius 2 is 2.00 bits per heavy atom. The van der Waals surface area contributed by atoms with Gasteiger partial charge in [-0.2, -0.15) is 0 Å². The van der Waals surface area contributed by atoms with Gasteiger partial charge in [0.2, 0.25) is 6.10 Å². The van der Waals surface area contributed by atoms with Crippen molar-refractivity contribution < 1.29 is 19.0 Å². The highest BCUT2D eigenvalue weighted by atomic mass is 35.5. The fraction of sp³-hybridized carbons (Fsp3) is 0.235. The first kappa shape index (κ1) is 17.3. The first-order valence-corrected chi connectivity index (χ1v) is 9.00. The number of rotatable bonds is 5. The van der Waals surface area contributed by atoms with Crippen LogP contribution >= 0.6 is 35.0 Å². The van der Waals surface area contributed by atoms with Gasteiger partial charge in [-0.15, -0.1) is 11.8 Å². The third-order valence-electron chi connectivity index (χ3n) is 3.25. The fourth-order valence-electron chi connectivity index (χ4n) is 2.11. The number of thioether (sulfide) groups is 1. The van der Waals surface area contributed by atoms with E-state index in [-0.39, 0.29) is 13.2 Å². The summed E-state index contributed by atoms with van der Waals surface area (Å²) in [4.78, 5) is 12.9. The first-order chi connectivity index (χ1) is 11.6. The van der Waals surface area contributed by atoms with Crippen molar-refractivity contribution in [2.24, 2.45) is 0 Å². The zero-order chi connectivity index (χ0) is 16.9. The lowest BCUT2D eigenvalue weighted by atomic mass is 10.2. The maximum Gasteiger partial charge on any atom is 0.351 e. The van der Waals surface area contributed by atoms with Crippen molar-refractivity contribution in [1.29, 1.82) is 0 Å². The van der Waals surface area contributed by atoms with E-state index in [2.05, 4.69) is 0 Å². The van der Waals surface area contributed by atoms with Crippen molar-refractivity contribution in [3.63, 3.8) is 0 Å². The van der Waals surface area contributed by atoms with Gasteiger partial charge >= 0.3 is 5.97 Å². The van der Waals surface area contributed by atoms with Crippen molar-refractivity contribution in [2.75, 3.05) is 19.0 Å². The second-order valence-electron chi connectivity index (χ2n) is 4.95. The van der Waals surface area contributed by atoms with E-state index in [9.17, 15) is 4.79 Å². The van der Waals surface area contributed by atoms with E-state index in [0.29, 0.717) is 27.3 Å². The molecule has 0 spiro atoms. The van der Waals surface area contributed by atoms with E-state index in [4.69, 9.17) is 37.4 Å². The molecule has 0 aliphatic carbocycles. The van der Waals surface area contributed by atoms with Crippen LogP contribution in [0.2, 0.25) is 10.0 Å². The van der Waals surface area contributed by atoms with E-state index in [1.165, 1.54) is 11.8 Å². The summed E-state index contributed by atoms with van der Waals surface area (Å²) in [5.41, 5.74) is 0. The number of ether oxygens (including phenoxy) is 3. The van der Waals surface area contributed by atoms with E-state index in [1.54, 1.807) is 30.3 Å². The molecule has 126 valence electrons. The Hall–Kier alpha value is -1.56. The SMILES string of the molecule is O=C(OCCSc1cc(Cl)ccc1Cl)[C@H]1COc2ccccc2O1. The molecule has 0 unspecified atom stereocenters. The molecular weight excluding hydrogens is 371 g/mol. The predicted octanol–water partition coefficient (Wildman–Crippen LogP) is 4.47. The molecule has 0 radical (unpaired) electrons. The zero-order valence-corrected chi connectivity index (χ0v) is 14.9. The monoisotopic (exact) mass is 384 g/mol. The molecule has 1 heterocycles. The molecule has 2 aromatic rings. The molecule has 1 aliphatic rings. The minimum atomic E-state index is -0.750. The van der Waals surface area contributed by atoms with Gasteiger partial charge in [-0.3, -0.25) is 0 Å². The van der Waals surface area contributed by atoms with Crippen LogP contribution in [0.5, 0.6) is 11.5 Å². The molecule has 0 N–H and O–H groups in total. The number of benzene rings is 2. The summed E-state index contributed by atoms with van der Waals surface area (Å²) < 4.78 is 16.3. The van der Waals surface area contributed by atoms with Crippen molar-refractivity contribution in [1.82, 2.24) is 0 Å². The topological polar surface area (TPSA) is 44.8 Å². The normalized spacial score (nSPS) is 15.8. The Morgan fingerprint density at radius 1 is 1.21 bits per heavy atom. The maximum absolute atomic E-state index is 12.1. The van der Waals surface area contributed by atoms with Crippen LogP contribution in [0.15, 0.2) is 47.4 Å². The molecular formula is C17H14Cl2O4S. The molecule has 24 heavy (non-hydrogen) atoms. The van der Waals surface area contributed by atoms with Gasteiger partial charge in [0.05, 0.1) is 5.02 Å². The number of para-hydroxylation sites is 2. The number of carbonyl (C=O) groups is 1. The Kier molecular flexibility index (Phi) is 5.76. The number of hydrogen-bond donors (Lipinski definition) is 0. The van der Waals surface area contributed by atoms with Gasteiger partial charge < -0.3 is 14.2 Å². The number of fused-ring (bicyclic) bond motifs is 1. The maximum atomic E-state index is 12.1. The third-order valence-corrected chi connectivity index (χ3v) is 4.95. The van der Waals surface area contributed by atoms with Gasteiger partial charge in [0, 0.05) is 15.7 Å². The minimum absolute atomic E-state index is 0.142. The number of esters is 1. The Morgan fingerprint density at radius 3 is 2.83 bits per heavy atom. The summed E-state index contributed by atoms with van der Waals surface area (Å²) in [7, 11) is 0.